The van der Waals surface area contributed by atoms with Crippen molar-refractivity contribution in [2.45, 2.75) is 58.4 Å². The first-order valence-electron chi connectivity index (χ1n) is 13.6. The third kappa shape index (κ3) is 7.41. The van der Waals surface area contributed by atoms with E-state index in [1.165, 1.54) is 6.20 Å². The minimum atomic E-state index is -0.301. The van der Waals surface area contributed by atoms with Crippen LogP contribution in [0.5, 0.6) is 5.75 Å². The van der Waals surface area contributed by atoms with E-state index in [0.29, 0.717) is 44.8 Å². The summed E-state index contributed by atoms with van der Waals surface area (Å²) >= 11 is 0. The zero-order valence-corrected chi connectivity index (χ0v) is 23.1. The molecule has 0 unspecified atom stereocenters. The van der Waals surface area contributed by atoms with Crippen LogP contribution in [-0.4, -0.2) is 58.1 Å². The van der Waals surface area contributed by atoms with Crippen LogP contribution in [0.4, 0.5) is 0 Å². The van der Waals surface area contributed by atoms with Crippen LogP contribution in [0.15, 0.2) is 54.9 Å². The van der Waals surface area contributed by atoms with Crippen LogP contribution in [0, 0.1) is 6.92 Å². The van der Waals surface area contributed by atoms with Gasteiger partial charge in [0.15, 0.2) is 0 Å². The lowest BCUT2D eigenvalue weighted by Crippen LogP contribution is -2.40. The van der Waals surface area contributed by atoms with Crippen molar-refractivity contribution in [3.05, 3.63) is 77.4 Å². The van der Waals surface area contributed by atoms with Gasteiger partial charge in [-0.25, -0.2) is 4.98 Å². The minimum Gasteiger partial charge on any atom is -0.507 e. The number of aromatic hydroxyl groups is 1. The van der Waals surface area contributed by atoms with Gasteiger partial charge in [-0.05, 0) is 47.9 Å². The van der Waals surface area contributed by atoms with Crippen LogP contribution < -0.4 is 5.32 Å². The summed E-state index contributed by atoms with van der Waals surface area (Å²) in [6.07, 6.45) is 6.27. The number of hydrogen-bond donors (Lipinski definition) is 2. The lowest BCUT2D eigenvalue weighted by Gasteiger charge is -2.28. The second kappa shape index (κ2) is 12.8. The highest BCUT2D eigenvalue weighted by Gasteiger charge is 2.23. The summed E-state index contributed by atoms with van der Waals surface area (Å²) in [6, 6.07) is 13.6. The zero-order chi connectivity index (χ0) is 27.8. The molecule has 2 N–H and O–H groups in total. The van der Waals surface area contributed by atoms with Crippen molar-refractivity contribution in [2.75, 3.05) is 26.3 Å². The van der Waals surface area contributed by atoms with Gasteiger partial charge in [0.2, 0.25) is 5.91 Å². The van der Waals surface area contributed by atoms with Gasteiger partial charge < -0.3 is 20.1 Å². The molecule has 0 atom stereocenters. The van der Waals surface area contributed by atoms with Crippen LogP contribution in [0.3, 0.4) is 0 Å². The predicted octanol–water partition coefficient (Wildman–Crippen LogP) is 4.78. The highest BCUT2D eigenvalue weighted by molar-refractivity contribution is 5.92. The minimum absolute atomic E-state index is 0.152. The molecule has 0 aliphatic carbocycles. The fourth-order valence-corrected chi connectivity index (χ4v) is 4.85. The molecular formula is C31H38N4O4. The Balaban J connectivity index is 1.37. The van der Waals surface area contributed by atoms with Gasteiger partial charge in [0, 0.05) is 37.8 Å². The summed E-state index contributed by atoms with van der Waals surface area (Å²) in [4.78, 5) is 35.1. The molecule has 1 aromatic heterocycles. The summed E-state index contributed by atoms with van der Waals surface area (Å²) in [5, 5.41) is 13.9. The number of aryl methyl sites for hydroxylation is 1. The Morgan fingerprint density at radius 3 is 2.51 bits per heavy atom. The van der Waals surface area contributed by atoms with E-state index in [2.05, 4.69) is 35.2 Å². The van der Waals surface area contributed by atoms with Gasteiger partial charge in [-0.2, -0.15) is 0 Å². The molecule has 1 aliphatic rings. The summed E-state index contributed by atoms with van der Waals surface area (Å²) in [5.74, 6) is 0.108. The number of nitrogens with zero attached hydrogens (tertiary/aromatic N) is 3. The Kier molecular flexibility index (Phi) is 9.30. The quantitative estimate of drug-likeness (QED) is 0.366. The molecule has 1 fully saturated rings. The summed E-state index contributed by atoms with van der Waals surface area (Å²) < 4.78 is 5.33. The highest BCUT2D eigenvalue weighted by Crippen LogP contribution is 2.37. The van der Waals surface area contributed by atoms with E-state index >= 15 is 0 Å². The number of benzene rings is 2. The van der Waals surface area contributed by atoms with E-state index < -0.39 is 0 Å². The van der Waals surface area contributed by atoms with E-state index in [1.807, 2.05) is 48.2 Å². The van der Waals surface area contributed by atoms with Crippen LogP contribution in [0.2, 0.25) is 0 Å². The molecule has 0 saturated carbocycles. The largest absolute Gasteiger partial charge is 0.507 e. The molecule has 3 aromatic rings. The number of nitrogens with one attached hydrogen (secondary N) is 1. The van der Waals surface area contributed by atoms with Crippen molar-refractivity contribution >= 4 is 11.8 Å². The smallest absolute Gasteiger partial charge is 0.271 e. The summed E-state index contributed by atoms with van der Waals surface area (Å²) in [6.45, 7) is 9.07. The topological polar surface area (TPSA) is 105 Å². The van der Waals surface area contributed by atoms with Gasteiger partial charge in [-0.15, -0.1) is 0 Å². The Bertz CT molecular complexity index is 1280. The summed E-state index contributed by atoms with van der Waals surface area (Å²) in [7, 11) is 0. The Morgan fingerprint density at radius 2 is 1.79 bits per heavy atom. The van der Waals surface area contributed by atoms with Crippen LogP contribution in [0.25, 0.3) is 11.1 Å². The zero-order valence-electron chi connectivity index (χ0n) is 23.1. The average molecular weight is 531 g/mol. The van der Waals surface area contributed by atoms with Gasteiger partial charge >= 0.3 is 0 Å². The molecule has 8 heteroatoms. The molecule has 0 radical (unpaired) electrons. The number of ether oxygens (including phenoxy) is 1. The normalized spacial score (nSPS) is 13.8. The Labute approximate surface area is 230 Å². The molecule has 8 nitrogen and oxygen atoms in total. The van der Waals surface area contributed by atoms with Crippen LogP contribution in [0.1, 0.15) is 66.8 Å². The van der Waals surface area contributed by atoms with Crippen molar-refractivity contribution in [1.29, 1.82) is 0 Å². The Morgan fingerprint density at radius 1 is 1.03 bits per heavy atom. The number of carbonyl (C=O) groups is 2. The standard InChI is InChI=1S/C31H38N4O4/c1-22-19-33-27(21-32-22)30(38)34-20-23-8-4-5-9-25(23)26-12-11-24(18-28(26)36)31(2,3)13-7-6-10-29(37)35-14-16-39-17-15-35/h4-5,8-9,11-12,18-19,21,36H,6-7,10,13-17,20H2,1-3H3,(H,34,38). The first-order chi connectivity index (χ1) is 18.7. The number of carbonyl (C=O) groups excluding carboxylic acids is 2. The monoisotopic (exact) mass is 530 g/mol. The number of morpholine rings is 1. The number of hydrogen-bond acceptors (Lipinski definition) is 6. The number of phenolic OH excluding ortho intramolecular Hbond substituents is 1. The maximum absolute atomic E-state index is 12.5. The van der Waals surface area contributed by atoms with Crippen molar-refractivity contribution in [1.82, 2.24) is 20.2 Å². The fraction of sp³-hybridized carbons (Fsp3) is 0.419. The molecule has 0 spiro atoms. The first-order valence-corrected chi connectivity index (χ1v) is 13.6. The van der Waals surface area contributed by atoms with E-state index in [1.54, 1.807) is 6.20 Å². The van der Waals surface area contributed by atoms with Crippen molar-refractivity contribution in [3.8, 4) is 16.9 Å². The van der Waals surface area contributed by atoms with E-state index in [-0.39, 0.29) is 28.7 Å². The maximum atomic E-state index is 12.5. The molecule has 4 rings (SSSR count). The predicted molar refractivity (Wildman–Crippen MR) is 150 cm³/mol. The molecule has 2 aromatic carbocycles. The molecule has 206 valence electrons. The van der Waals surface area contributed by atoms with Gasteiger partial charge in [-0.3, -0.25) is 14.6 Å². The maximum Gasteiger partial charge on any atom is 0.271 e. The van der Waals surface area contributed by atoms with Gasteiger partial charge in [0.1, 0.15) is 11.4 Å². The number of phenols is 1. The van der Waals surface area contributed by atoms with Gasteiger partial charge in [0.25, 0.3) is 5.91 Å². The molecule has 0 bridgehead atoms. The SMILES string of the molecule is Cc1cnc(C(=O)NCc2ccccc2-c2ccc(C(C)(C)CCCCC(=O)N3CCOCC3)cc2O)cn1. The number of unbranched alkanes of at least 4 members (excludes halogenated alkanes) is 1. The van der Waals surface area contributed by atoms with Gasteiger partial charge in [0.05, 0.1) is 25.1 Å². The lowest BCUT2D eigenvalue weighted by atomic mass is 9.79. The molecular weight excluding hydrogens is 492 g/mol. The molecule has 1 aliphatic heterocycles. The first kappa shape index (κ1) is 28.2. The Hall–Kier alpha value is -3.78. The molecule has 2 heterocycles. The van der Waals surface area contributed by atoms with Crippen molar-refractivity contribution in [3.63, 3.8) is 0 Å². The average Bonchev–Trinajstić information content (AvgIpc) is 2.95. The lowest BCUT2D eigenvalue weighted by molar-refractivity contribution is -0.135. The van der Waals surface area contributed by atoms with Crippen molar-refractivity contribution < 1.29 is 19.4 Å². The molecule has 39 heavy (non-hydrogen) atoms. The molecule has 2 amide bonds. The van der Waals surface area contributed by atoms with Crippen LogP contribution in [-0.2, 0) is 21.5 Å². The number of amides is 2. The third-order valence-electron chi connectivity index (χ3n) is 7.35. The number of rotatable bonds is 10. The molecule has 1 saturated heterocycles. The second-order valence-electron chi connectivity index (χ2n) is 10.7. The fourth-order valence-electron chi connectivity index (χ4n) is 4.85. The number of aromatic nitrogens is 2. The second-order valence-corrected chi connectivity index (χ2v) is 10.7. The van der Waals surface area contributed by atoms with Crippen LogP contribution >= 0.6 is 0 Å². The van der Waals surface area contributed by atoms with Gasteiger partial charge in [-0.1, -0.05) is 56.7 Å². The van der Waals surface area contributed by atoms with Crippen molar-refractivity contribution in [2.24, 2.45) is 0 Å². The van der Waals surface area contributed by atoms with E-state index in [4.69, 9.17) is 4.74 Å². The summed E-state index contributed by atoms with van der Waals surface area (Å²) in [5.41, 5.74) is 4.36. The van der Waals surface area contributed by atoms with E-state index in [9.17, 15) is 14.7 Å². The highest BCUT2D eigenvalue weighted by atomic mass is 16.5. The van der Waals surface area contributed by atoms with E-state index in [0.717, 1.165) is 41.6 Å². The third-order valence-corrected chi connectivity index (χ3v) is 7.35.